The monoisotopic (exact) mass is 230 g/mol. The summed E-state index contributed by atoms with van der Waals surface area (Å²) >= 11 is 0. The Labute approximate surface area is 99.8 Å². The number of carbonyl (C=O) groups is 1. The molecule has 0 radical (unpaired) electrons. The molecule has 0 spiro atoms. The number of aryl methyl sites for hydroxylation is 1. The number of ether oxygens (including phenoxy) is 1. The van der Waals surface area contributed by atoms with Crippen LogP contribution in [0.1, 0.15) is 17.3 Å². The molecule has 1 aromatic heterocycles. The van der Waals surface area contributed by atoms with E-state index in [0.29, 0.717) is 11.3 Å². The van der Waals surface area contributed by atoms with E-state index in [2.05, 4.69) is 5.10 Å². The lowest BCUT2D eigenvalue weighted by Gasteiger charge is -2.04. The number of methoxy groups -OCH3 is 1. The lowest BCUT2D eigenvalue weighted by Crippen LogP contribution is -1.92. The molecule has 1 aromatic carbocycles. The highest BCUT2D eigenvalue weighted by molar-refractivity contribution is 5.80. The molecule has 0 N–H and O–H groups in total. The van der Waals surface area contributed by atoms with Gasteiger partial charge in [-0.2, -0.15) is 5.10 Å². The zero-order chi connectivity index (χ0) is 12.3. The van der Waals surface area contributed by atoms with Gasteiger partial charge in [-0.15, -0.1) is 0 Å². The fourth-order valence-corrected chi connectivity index (χ4v) is 1.66. The number of aromatic nitrogens is 2. The highest BCUT2D eigenvalue weighted by Gasteiger charge is 2.05. The van der Waals surface area contributed by atoms with Gasteiger partial charge in [-0.1, -0.05) is 0 Å². The van der Waals surface area contributed by atoms with Gasteiger partial charge in [0.05, 0.1) is 13.3 Å². The molecule has 0 aliphatic rings. The van der Waals surface area contributed by atoms with Crippen LogP contribution >= 0.6 is 0 Å². The van der Waals surface area contributed by atoms with Gasteiger partial charge in [0.25, 0.3) is 0 Å². The Morgan fingerprint density at radius 3 is 2.76 bits per heavy atom. The topological polar surface area (TPSA) is 44.1 Å². The Morgan fingerprint density at radius 2 is 2.18 bits per heavy atom. The zero-order valence-corrected chi connectivity index (χ0v) is 9.88. The Morgan fingerprint density at radius 1 is 1.35 bits per heavy atom. The largest absolute Gasteiger partial charge is 0.497 e. The molecular formula is C13H14N2O2. The molecule has 17 heavy (non-hydrogen) atoms. The molecular weight excluding hydrogens is 216 g/mol. The van der Waals surface area contributed by atoms with Gasteiger partial charge in [0.2, 0.25) is 0 Å². The minimum atomic E-state index is 0.601. The van der Waals surface area contributed by atoms with Gasteiger partial charge in [0.15, 0.2) is 0 Å². The van der Waals surface area contributed by atoms with Crippen molar-refractivity contribution in [2.45, 2.75) is 13.5 Å². The van der Waals surface area contributed by atoms with Crippen molar-refractivity contribution < 1.29 is 9.53 Å². The van der Waals surface area contributed by atoms with Gasteiger partial charge in [-0.05, 0) is 30.7 Å². The normalized spacial score (nSPS) is 10.2. The van der Waals surface area contributed by atoms with Crippen LogP contribution in [-0.4, -0.2) is 23.2 Å². The predicted molar refractivity (Wildman–Crippen MR) is 65.3 cm³/mol. The van der Waals surface area contributed by atoms with Crippen molar-refractivity contribution in [1.29, 1.82) is 0 Å². The van der Waals surface area contributed by atoms with Crippen LogP contribution in [0.25, 0.3) is 11.1 Å². The summed E-state index contributed by atoms with van der Waals surface area (Å²) in [4.78, 5) is 10.8. The standard InChI is InChI=1S/C13H14N2O2/c1-3-15-8-12(7-14-15)11-4-10(9-16)5-13(6-11)17-2/h4-9H,3H2,1-2H3. The number of carbonyl (C=O) groups excluding carboxylic acids is 1. The van der Waals surface area contributed by atoms with Crippen LogP contribution in [0.15, 0.2) is 30.6 Å². The SMILES string of the molecule is CCn1cc(-c2cc(C=O)cc(OC)c2)cn1. The second-order valence-electron chi connectivity index (χ2n) is 3.70. The number of nitrogens with zero attached hydrogens (tertiary/aromatic N) is 2. The van der Waals surface area contributed by atoms with Crippen LogP contribution in [0.5, 0.6) is 5.75 Å². The number of hydrogen-bond acceptors (Lipinski definition) is 3. The molecule has 2 rings (SSSR count). The zero-order valence-electron chi connectivity index (χ0n) is 9.88. The summed E-state index contributed by atoms with van der Waals surface area (Å²) in [5.74, 6) is 0.675. The van der Waals surface area contributed by atoms with Crippen LogP contribution in [0, 0.1) is 0 Å². The van der Waals surface area contributed by atoms with Crippen LogP contribution in [0.3, 0.4) is 0 Å². The van der Waals surface area contributed by atoms with Crippen molar-refractivity contribution in [3.05, 3.63) is 36.2 Å². The number of aldehydes is 1. The highest BCUT2D eigenvalue weighted by Crippen LogP contribution is 2.25. The number of benzene rings is 1. The summed E-state index contributed by atoms with van der Waals surface area (Å²) in [6.45, 7) is 2.85. The van der Waals surface area contributed by atoms with Gasteiger partial charge < -0.3 is 4.74 Å². The van der Waals surface area contributed by atoms with E-state index in [9.17, 15) is 4.79 Å². The molecule has 0 aliphatic heterocycles. The van der Waals surface area contributed by atoms with E-state index < -0.39 is 0 Å². The Hall–Kier alpha value is -2.10. The van der Waals surface area contributed by atoms with Gasteiger partial charge in [-0.25, -0.2) is 0 Å². The Kier molecular flexibility index (Phi) is 3.23. The first-order valence-electron chi connectivity index (χ1n) is 5.44. The summed E-state index contributed by atoms with van der Waals surface area (Å²) in [6.07, 6.45) is 4.55. The molecule has 0 saturated carbocycles. The maximum absolute atomic E-state index is 10.8. The molecule has 4 nitrogen and oxygen atoms in total. The van der Waals surface area contributed by atoms with Crippen molar-refractivity contribution in [1.82, 2.24) is 9.78 Å². The predicted octanol–water partition coefficient (Wildman–Crippen LogP) is 2.39. The molecule has 0 amide bonds. The Balaban J connectivity index is 2.46. The molecule has 0 aliphatic carbocycles. The van der Waals surface area contributed by atoms with Crippen molar-refractivity contribution in [2.24, 2.45) is 0 Å². The van der Waals surface area contributed by atoms with Gasteiger partial charge in [0, 0.05) is 23.9 Å². The number of rotatable bonds is 4. The van der Waals surface area contributed by atoms with Crippen molar-refractivity contribution in [3.63, 3.8) is 0 Å². The van der Waals surface area contributed by atoms with Crippen LogP contribution in [-0.2, 0) is 6.54 Å². The van der Waals surface area contributed by atoms with E-state index in [1.807, 2.05) is 29.9 Å². The van der Waals surface area contributed by atoms with E-state index in [1.165, 1.54) is 0 Å². The summed E-state index contributed by atoms with van der Waals surface area (Å²) in [6, 6.07) is 5.43. The average molecular weight is 230 g/mol. The first-order valence-corrected chi connectivity index (χ1v) is 5.44. The van der Waals surface area contributed by atoms with E-state index in [1.54, 1.807) is 19.4 Å². The maximum Gasteiger partial charge on any atom is 0.150 e. The van der Waals surface area contributed by atoms with E-state index in [0.717, 1.165) is 24.0 Å². The third kappa shape index (κ3) is 2.36. The molecule has 88 valence electrons. The van der Waals surface area contributed by atoms with Crippen LogP contribution in [0.4, 0.5) is 0 Å². The molecule has 0 unspecified atom stereocenters. The molecule has 2 aromatic rings. The van der Waals surface area contributed by atoms with E-state index >= 15 is 0 Å². The highest BCUT2D eigenvalue weighted by atomic mass is 16.5. The summed E-state index contributed by atoms with van der Waals surface area (Å²) < 4.78 is 7.01. The second-order valence-corrected chi connectivity index (χ2v) is 3.70. The quantitative estimate of drug-likeness (QED) is 0.757. The lowest BCUT2D eigenvalue weighted by molar-refractivity contribution is 0.112. The van der Waals surface area contributed by atoms with E-state index in [4.69, 9.17) is 4.74 Å². The molecule has 0 bridgehead atoms. The van der Waals surface area contributed by atoms with Crippen molar-refractivity contribution >= 4 is 6.29 Å². The summed E-state index contributed by atoms with van der Waals surface area (Å²) in [7, 11) is 1.59. The first kappa shape index (κ1) is 11.4. The fraction of sp³-hybridized carbons (Fsp3) is 0.231. The van der Waals surface area contributed by atoms with E-state index in [-0.39, 0.29) is 0 Å². The molecule has 0 saturated heterocycles. The molecule has 1 heterocycles. The summed E-state index contributed by atoms with van der Waals surface area (Å²) in [5.41, 5.74) is 2.52. The van der Waals surface area contributed by atoms with Crippen LogP contribution < -0.4 is 4.74 Å². The van der Waals surface area contributed by atoms with Gasteiger partial charge in [0.1, 0.15) is 12.0 Å². The van der Waals surface area contributed by atoms with Crippen molar-refractivity contribution in [3.8, 4) is 16.9 Å². The van der Waals surface area contributed by atoms with Crippen molar-refractivity contribution in [2.75, 3.05) is 7.11 Å². The van der Waals surface area contributed by atoms with Gasteiger partial charge >= 0.3 is 0 Å². The third-order valence-corrected chi connectivity index (χ3v) is 2.59. The minimum Gasteiger partial charge on any atom is -0.497 e. The molecule has 0 atom stereocenters. The third-order valence-electron chi connectivity index (χ3n) is 2.59. The summed E-state index contributed by atoms with van der Waals surface area (Å²) in [5, 5.41) is 4.21. The maximum atomic E-state index is 10.8. The number of hydrogen-bond donors (Lipinski definition) is 0. The van der Waals surface area contributed by atoms with Gasteiger partial charge in [-0.3, -0.25) is 9.48 Å². The molecule has 0 fully saturated rings. The average Bonchev–Trinajstić information content (AvgIpc) is 2.86. The second kappa shape index (κ2) is 4.82. The first-order chi connectivity index (χ1) is 8.26. The lowest BCUT2D eigenvalue weighted by atomic mass is 10.1. The van der Waals surface area contributed by atoms with Crippen LogP contribution in [0.2, 0.25) is 0 Å². The smallest absolute Gasteiger partial charge is 0.150 e. The fourth-order valence-electron chi connectivity index (χ4n) is 1.66. The minimum absolute atomic E-state index is 0.601. The molecule has 4 heteroatoms. The Bertz CT molecular complexity index is 532.